The van der Waals surface area contributed by atoms with Crippen molar-refractivity contribution in [3.63, 3.8) is 0 Å². The number of unbranched alkanes of at least 4 members (excludes halogenated alkanes) is 1. The van der Waals surface area contributed by atoms with Gasteiger partial charge in [-0.3, -0.25) is 0 Å². The minimum atomic E-state index is -2.49. The van der Waals surface area contributed by atoms with E-state index in [2.05, 4.69) is 6.58 Å². The van der Waals surface area contributed by atoms with E-state index in [0.29, 0.717) is 13.2 Å². The average Bonchev–Trinajstić information content (AvgIpc) is 2.36. The van der Waals surface area contributed by atoms with E-state index in [1.54, 1.807) is 14.2 Å². The van der Waals surface area contributed by atoms with E-state index in [-0.39, 0.29) is 0 Å². The second-order valence-corrected chi connectivity index (χ2v) is 6.32. The summed E-state index contributed by atoms with van der Waals surface area (Å²) < 4.78 is 21.1. The summed E-state index contributed by atoms with van der Waals surface area (Å²) in [4.78, 5) is 10.8. The van der Waals surface area contributed by atoms with Gasteiger partial charge in [-0.2, -0.15) is 0 Å². The molecule has 0 aliphatic rings. The van der Waals surface area contributed by atoms with Crippen LogP contribution in [-0.4, -0.2) is 42.2 Å². The standard InChI is InChI=1S/C11H22O5Si/c1-5-11(12)15-9-7-8-10-17(13-3,14-4)16-6-2/h5H,1,6-10H2,2-4H3. The third-order valence-corrected chi connectivity index (χ3v) is 5.21. The summed E-state index contributed by atoms with van der Waals surface area (Å²) >= 11 is 0. The molecule has 0 rings (SSSR count). The summed E-state index contributed by atoms with van der Waals surface area (Å²) in [5, 5.41) is 0. The van der Waals surface area contributed by atoms with Crippen LogP contribution in [0.5, 0.6) is 0 Å². The first kappa shape index (κ1) is 16.3. The van der Waals surface area contributed by atoms with Crippen molar-refractivity contribution in [2.75, 3.05) is 27.4 Å². The predicted octanol–water partition coefficient (Wildman–Crippen LogP) is 1.76. The first-order chi connectivity index (χ1) is 8.14. The molecule has 100 valence electrons. The first-order valence-electron chi connectivity index (χ1n) is 5.67. The van der Waals surface area contributed by atoms with Crippen LogP contribution < -0.4 is 0 Å². The zero-order valence-electron chi connectivity index (χ0n) is 10.9. The molecule has 0 amide bonds. The molecule has 0 heterocycles. The van der Waals surface area contributed by atoms with Crippen molar-refractivity contribution >= 4 is 14.8 Å². The summed E-state index contributed by atoms with van der Waals surface area (Å²) in [6.45, 7) is 6.18. The highest BCUT2D eigenvalue weighted by atomic mass is 28.4. The fraction of sp³-hybridized carbons (Fsp3) is 0.727. The largest absolute Gasteiger partial charge is 0.500 e. The molecule has 0 aromatic rings. The van der Waals surface area contributed by atoms with Gasteiger partial charge in [0.1, 0.15) is 0 Å². The van der Waals surface area contributed by atoms with Crippen LogP contribution in [0.4, 0.5) is 0 Å². The Labute approximate surface area is 104 Å². The maximum atomic E-state index is 10.8. The number of esters is 1. The van der Waals surface area contributed by atoms with E-state index < -0.39 is 14.8 Å². The van der Waals surface area contributed by atoms with E-state index in [9.17, 15) is 4.79 Å². The van der Waals surface area contributed by atoms with E-state index in [1.165, 1.54) is 0 Å². The quantitative estimate of drug-likeness (QED) is 0.260. The maximum Gasteiger partial charge on any atom is 0.500 e. The van der Waals surface area contributed by atoms with E-state index >= 15 is 0 Å². The van der Waals surface area contributed by atoms with Crippen molar-refractivity contribution in [2.45, 2.75) is 25.8 Å². The monoisotopic (exact) mass is 262 g/mol. The lowest BCUT2D eigenvalue weighted by molar-refractivity contribution is -0.137. The summed E-state index contributed by atoms with van der Waals surface area (Å²) in [6, 6.07) is 0.722. The maximum absolute atomic E-state index is 10.8. The summed E-state index contributed by atoms with van der Waals surface area (Å²) in [6.07, 6.45) is 2.75. The van der Waals surface area contributed by atoms with Gasteiger partial charge in [-0.05, 0) is 19.8 Å². The van der Waals surface area contributed by atoms with Crippen LogP contribution in [-0.2, 0) is 22.8 Å². The Morgan fingerprint density at radius 1 is 1.29 bits per heavy atom. The van der Waals surface area contributed by atoms with Crippen LogP contribution in [0, 0.1) is 0 Å². The molecule has 0 N–H and O–H groups in total. The fourth-order valence-electron chi connectivity index (χ4n) is 1.37. The van der Waals surface area contributed by atoms with Crippen LogP contribution in [0.25, 0.3) is 0 Å². The molecule has 17 heavy (non-hydrogen) atoms. The lowest BCUT2D eigenvalue weighted by Gasteiger charge is -2.25. The molecule has 0 aliphatic heterocycles. The number of carbonyl (C=O) groups is 1. The Morgan fingerprint density at radius 3 is 2.41 bits per heavy atom. The van der Waals surface area contributed by atoms with E-state index in [1.807, 2.05) is 6.92 Å². The molecule has 0 saturated heterocycles. The SMILES string of the molecule is C=CC(=O)OCCCC[Si](OC)(OC)OCC. The van der Waals surface area contributed by atoms with E-state index in [0.717, 1.165) is 25.0 Å². The molecular weight excluding hydrogens is 240 g/mol. The lowest BCUT2D eigenvalue weighted by atomic mass is 10.4. The number of hydrogen-bond donors (Lipinski definition) is 0. The molecule has 6 heteroatoms. The number of hydrogen-bond acceptors (Lipinski definition) is 5. The van der Waals surface area contributed by atoms with Crippen molar-refractivity contribution in [2.24, 2.45) is 0 Å². The van der Waals surface area contributed by atoms with Gasteiger partial charge in [0.15, 0.2) is 0 Å². The fourth-order valence-corrected chi connectivity index (χ4v) is 3.45. The molecule has 0 aliphatic carbocycles. The Balaban J connectivity index is 3.82. The second kappa shape index (κ2) is 9.35. The Bertz CT molecular complexity index is 228. The van der Waals surface area contributed by atoms with Gasteiger partial charge in [0.2, 0.25) is 0 Å². The van der Waals surface area contributed by atoms with Gasteiger partial charge in [0.05, 0.1) is 6.61 Å². The smallest absolute Gasteiger partial charge is 0.463 e. The van der Waals surface area contributed by atoms with Crippen LogP contribution in [0.15, 0.2) is 12.7 Å². The predicted molar refractivity (Wildman–Crippen MR) is 66.6 cm³/mol. The Morgan fingerprint density at radius 2 is 1.94 bits per heavy atom. The zero-order valence-corrected chi connectivity index (χ0v) is 11.9. The molecule has 0 spiro atoms. The van der Waals surface area contributed by atoms with Crippen molar-refractivity contribution in [3.8, 4) is 0 Å². The molecule has 5 nitrogen and oxygen atoms in total. The summed E-state index contributed by atoms with van der Waals surface area (Å²) in [7, 11) is 0.711. The average molecular weight is 262 g/mol. The highest BCUT2D eigenvalue weighted by molar-refractivity contribution is 6.60. The molecule has 0 aromatic heterocycles. The molecule has 0 atom stereocenters. The second-order valence-electron chi connectivity index (χ2n) is 3.35. The number of ether oxygens (including phenoxy) is 1. The van der Waals surface area contributed by atoms with Gasteiger partial charge >= 0.3 is 14.8 Å². The molecule has 0 saturated carbocycles. The highest BCUT2D eigenvalue weighted by Crippen LogP contribution is 2.17. The minimum absolute atomic E-state index is 0.384. The third-order valence-electron chi connectivity index (χ3n) is 2.27. The van der Waals surface area contributed by atoms with Gasteiger partial charge in [0.25, 0.3) is 0 Å². The van der Waals surface area contributed by atoms with Crippen LogP contribution in [0.2, 0.25) is 6.04 Å². The minimum Gasteiger partial charge on any atom is -0.463 e. The molecule has 0 bridgehead atoms. The molecule has 0 radical (unpaired) electrons. The van der Waals surface area contributed by atoms with E-state index in [4.69, 9.17) is 18.0 Å². The zero-order chi connectivity index (χ0) is 13.1. The van der Waals surface area contributed by atoms with Gasteiger partial charge in [-0.25, -0.2) is 4.79 Å². The van der Waals surface area contributed by atoms with Crippen molar-refractivity contribution in [3.05, 3.63) is 12.7 Å². The van der Waals surface area contributed by atoms with Crippen molar-refractivity contribution < 1.29 is 22.8 Å². The van der Waals surface area contributed by atoms with Crippen LogP contribution >= 0.6 is 0 Å². The highest BCUT2D eigenvalue weighted by Gasteiger charge is 2.37. The summed E-state index contributed by atoms with van der Waals surface area (Å²) in [5.74, 6) is -0.392. The molecule has 0 aromatic carbocycles. The van der Waals surface area contributed by atoms with Crippen molar-refractivity contribution in [1.82, 2.24) is 0 Å². The van der Waals surface area contributed by atoms with Gasteiger partial charge in [0, 0.05) is 32.9 Å². The molecular formula is C11H22O5Si. The normalized spacial score (nSPS) is 11.2. The van der Waals surface area contributed by atoms with Crippen LogP contribution in [0.1, 0.15) is 19.8 Å². The molecule has 0 fully saturated rings. The van der Waals surface area contributed by atoms with Crippen molar-refractivity contribution in [1.29, 1.82) is 0 Å². The Kier molecular flexibility index (Phi) is 8.97. The number of rotatable bonds is 10. The summed E-state index contributed by atoms with van der Waals surface area (Å²) in [5.41, 5.74) is 0. The lowest BCUT2D eigenvalue weighted by Crippen LogP contribution is -2.43. The van der Waals surface area contributed by atoms with Gasteiger partial charge < -0.3 is 18.0 Å². The molecule has 0 unspecified atom stereocenters. The Hall–Kier alpha value is -0.693. The van der Waals surface area contributed by atoms with Crippen LogP contribution in [0.3, 0.4) is 0 Å². The first-order valence-corrected chi connectivity index (χ1v) is 7.60. The topological polar surface area (TPSA) is 54.0 Å². The van der Waals surface area contributed by atoms with Gasteiger partial charge in [-0.15, -0.1) is 0 Å². The third kappa shape index (κ3) is 6.57. The number of carbonyl (C=O) groups excluding carboxylic acids is 1. The van der Waals surface area contributed by atoms with Gasteiger partial charge in [-0.1, -0.05) is 6.58 Å².